The normalized spacial score (nSPS) is 39.6. The lowest BCUT2D eigenvalue weighted by atomic mass is 9.82. The number of nitrogens with zero attached hydrogens (tertiary/aromatic N) is 1. The first-order valence-corrected chi connectivity index (χ1v) is 8.55. The van der Waals surface area contributed by atoms with Gasteiger partial charge in [-0.25, -0.2) is 0 Å². The SMILES string of the molecule is CCC1(C)CCSC(=NCC2CCCC(C)C2)N1. The zero-order valence-electron chi connectivity index (χ0n) is 12.2. The van der Waals surface area contributed by atoms with Crippen LogP contribution in [0.15, 0.2) is 4.99 Å². The molecular weight excluding hydrogens is 240 g/mol. The molecule has 2 aliphatic rings. The lowest BCUT2D eigenvalue weighted by Crippen LogP contribution is -2.48. The molecule has 3 unspecified atom stereocenters. The summed E-state index contributed by atoms with van der Waals surface area (Å²) in [6.07, 6.45) is 8.04. The summed E-state index contributed by atoms with van der Waals surface area (Å²) in [5.74, 6) is 2.97. The maximum atomic E-state index is 4.85. The third-order valence-corrected chi connectivity index (χ3v) is 5.53. The van der Waals surface area contributed by atoms with Gasteiger partial charge in [-0.3, -0.25) is 4.99 Å². The van der Waals surface area contributed by atoms with Crippen LogP contribution in [-0.2, 0) is 0 Å². The molecule has 0 aromatic heterocycles. The maximum absolute atomic E-state index is 4.85. The Kier molecular flexibility index (Phi) is 4.99. The van der Waals surface area contributed by atoms with Crippen molar-refractivity contribution in [1.29, 1.82) is 0 Å². The summed E-state index contributed by atoms with van der Waals surface area (Å²) >= 11 is 1.91. The molecule has 0 spiro atoms. The first-order valence-electron chi connectivity index (χ1n) is 7.57. The molecule has 1 heterocycles. The van der Waals surface area contributed by atoms with E-state index in [1.165, 1.54) is 49.4 Å². The number of rotatable bonds is 3. The van der Waals surface area contributed by atoms with E-state index in [1.807, 2.05) is 11.8 Å². The van der Waals surface area contributed by atoms with E-state index in [-0.39, 0.29) is 5.54 Å². The quantitative estimate of drug-likeness (QED) is 0.834. The van der Waals surface area contributed by atoms with Crippen molar-refractivity contribution in [3.05, 3.63) is 0 Å². The molecule has 1 N–H and O–H groups in total. The molecule has 3 heteroatoms. The second-order valence-corrected chi connectivity index (χ2v) is 7.50. The van der Waals surface area contributed by atoms with E-state index in [2.05, 4.69) is 26.1 Å². The molecule has 1 saturated heterocycles. The van der Waals surface area contributed by atoms with Gasteiger partial charge in [0.1, 0.15) is 0 Å². The van der Waals surface area contributed by atoms with Gasteiger partial charge in [0.25, 0.3) is 0 Å². The van der Waals surface area contributed by atoms with Crippen LogP contribution in [0.2, 0.25) is 0 Å². The van der Waals surface area contributed by atoms with Crippen molar-refractivity contribution in [1.82, 2.24) is 5.32 Å². The van der Waals surface area contributed by atoms with Gasteiger partial charge in [-0.15, -0.1) is 0 Å². The van der Waals surface area contributed by atoms with Crippen molar-refractivity contribution in [3.63, 3.8) is 0 Å². The van der Waals surface area contributed by atoms with E-state index in [1.54, 1.807) is 0 Å². The fraction of sp³-hybridized carbons (Fsp3) is 0.933. The molecule has 1 saturated carbocycles. The van der Waals surface area contributed by atoms with Gasteiger partial charge in [-0.2, -0.15) is 0 Å². The lowest BCUT2D eigenvalue weighted by molar-refractivity contribution is 0.289. The number of hydrogen-bond acceptors (Lipinski definition) is 2. The van der Waals surface area contributed by atoms with Crippen LogP contribution in [0, 0.1) is 11.8 Å². The molecule has 0 aromatic rings. The Bertz CT molecular complexity index is 303. The van der Waals surface area contributed by atoms with Crippen molar-refractivity contribution in [2.24, 2.45) is 16.8 Å². The molecule has 18 heavy (non-hydrogen) atoms. The summed E-state index contributed by atoms with van der Waals surface area (Å²) in [7, 11) is 0. The van der Waals surface area contributed by atoms with E-state index < -0.39 is 0 Å². The molecule has 0 radical (unpaired) electrons. The van der Waals surface area contributed by atoms with E-state index in [0.717, 1.165) is 18.4 Å². The Labute approximate surface area is 116 Å². The summed E-state index contributed by atoms with van der Waals surface area (Å²) in [5.41, 5.74) is 0.282. The molecule has 1 aliphatic carbocycles. The minimum Gasteiger partial charge on any atom is -0.360 e. The Morgan fingerprint density at radius 2 is 2.28 bits per heavy atom. The predicted octanol–water partition coefficient (Wildman–Crippen LogP) is 4.06. The summed E-state index contributed by atoms with van der Waals surface area (Å²) in [6, 6.07) is 0. The van der Waals surface area contributed by atoms with Crippen LogP contribution in [0.25, 0.3) is 0 Å². The van der Waals surface area contributed by atoms with Crippen molar-refractivity contribution in [2.75, 3.05) is 12.3 Å². The highest BCUT2D eigenvalue weighted by molar-refractivity contribution is 8.13. The fourth-order valence-corrected chi connectivity index (χ4v) is 4.25. The minimum atomic E-state index is 0.282. The highest BCUT2D eigenvalue weighted by Crippen LogP contribution is 2.29. The number of nitrogens with one attached hydrogen (secondary N) is 1. The zero-order chi connectivity index (χ0) is 13.0. The van der Waals surface area contributed by atoms with Gasteiger partial charge >= 0.3 is 0 Å². The molecule has 2 rings (SSSR count). The Balaban J connectivity index is 1.85. The van der Waals surface area contributed by atoms with Crippen LogP contribution in [0.3, 0.4) is 0 Å². The number of thioether (sulfide) groups is 1. The van der Waals surface area contributed by atoms with Gasteiger partial charge in [0, 0.05) is 17.8 Å². The molecule has 104 valence electrons. The number of aliphatic imine (C=N–C) groups is 1. The van der Waals surface area contributed by atoms with Crippen molar-refractivity contribution < 1.29 is 0 Å². The van der Waals surface area contributed by atoms with E-state index in [0.29, 0.717) is 0 Å². The smallest absolute Gasteiger partial charge is 0.156 e. The van der Waals surface area contributed by atoms with Gasteiger partial charge < -0.3 is 5.32 Å². The lowest BCUT2D eigenvalue weighted by Gasteiger charge is -2.35. The van der Waals surface area contributed by atoms with E-state index in [4.69, 9.17) is 4.99 Å². The van der Waals surface area contributed by atoms with Crippen LogP contribution >= 0.6 is 11.8 Å². The second-order valence-electron chi connectivity index (χ2n) is 6.42. The van der Waals surface area contributed by atoms with Crippen LogP contribution in [0.1, 0.15) is 59.3 Å². The zero-order valence-corrected chi connectivity index (χ0v) is 13.0. The molecular formula is C15H28N2S. The first-order chi connectivity index (χ1) is 8.61. The monoisotopic (exact) mass is 268 g/mol. The average molecular weight is 268 g/mol. The maximum Gasteiger partial charge on any atom is 0.156 e. The Morgan fingerprint density at radius 1 is 1.44 bits per heavy atom. The van der Waals surface area contributed by atoms with Gasteiger partial charge in [-0.05, 0) is 44.4 Å². The topological polar surface area (TPSA) is 24.4 Å². The average Bonchev–Trinajstić information content (AvgIpc) is 2.37. The molecule has 0 aromatic carbocycles. The second kappa shape index (κ2) is 6.31. The van der Waals surface area contributed by atoms with E-state index >= 15 is 0 Å². The third-order valence-electron chi connectivity index (χ3n) is 4.62. The van der Waals surface area contributed by atoms with Crippen molar-refractivity contribution in [3.8, 4) is 0 Å². The first kappa shape index (κ1) is 14.2. The Morgan fingerprint density at radius 3 is 3.00 bits per heavy atom. The predicted molar refractivity (Wildman–Crippen MR) is 82.3 cm³/mol. The highest BCUT2D eigenvalue weighted by atomic mass is 32.2. The number of amidine groups is 1. The summed E-state index contributed by atoms with van der Waals surface area (Å²) in [6.45, 7) is 8.02. The van der Waals surface area contributed by atoms with Crippen LogP contribution in [-0.4, -0.2) is 23.0 Å². The standard InChI is InChI=1S/C15H28N2S/c1-4-15(3)8-9-18-14(17-15)16-11-13-7-5-6-12(2)10-13/h12-13H,4-11H2,1-3H3,(H,16,17). The Hall–Kier alpha value is -0.180. The molecule has 0 amide bonds. The van der Waals surface area contributed by atoms with Crippen molar-refractivity contribution >= 4 is 16.9 Å². The largest absolute Gasteiger partial charge is 0.360 e. The van der Waals surface area contributed by atoms with Gasteiger partial charge in [0.15, 0.2) is 5.17 Å². The number of hydrogen-bond donors (Lipinski definition) is 1. The molecule has 3 atom stereocenters. The molecule has 1 aliphatic heterocycles. The van der Waals surface area contributed by atoms with Crippen molar-refractivity contribution in [2.45, 2.75) is 64.8 Å². The molecule has 2 nitrogen and oxygen atoms in total. The van der Waals surface area contributed by atoms with Gasteiger partial charge in [-0.1, -0.05) is 38.5 Å². The van der Waals surface area contributed by atoms with Gasteiger partial charge in [0.2, 0.25) is 0 Å². The van der Waals surface area contributed by atoms with Crippen LogP contribution in [0.5, 0.6) is 0 Å². The third kappa shape index (κ3) is 3.91. The summed E-state index contributed by atoms with van der Waals surface area (Å²) in [5, 5.41) is 4.84. The summed E-state index contributed by atoms with van der Waals surface area (Å²) in [4.78, 5) is 4.85. The fourth-order valence-electron chi connectivity index (χ4n) is 3.02. The van der Waals surface area contributed by atoms with Crippen LogP contribution in [0.4, 0.5) is 0 Å². The minimum absolute atomic E-state index is 0.282. The highest BCUT2D eigenvalue weighted by Gasteiger charge is 2.27. The van der Waals surface area contributed by atoms with Crippen LogP contribution < -0.4 is 5.32 Å². The molecule has 2 fully saturated rings. The summed E-state index contributed by atoms with van der Waals surface area (Å²) < 4.78 is 0. The van der Waals surface area contributed by atoms with E-state index in [9.17, 15) is 0 Å². The van der Waals surface area contributed by atoms with Gasteiger partial charge in [0.05, 0.1) is 0 Å². The molecule has 0 bridgehead atoms.